The summed E-state index contributed by atoms with van der Waals surface area (Å²) < 4.78 is 0. The van der Waals surface area contributed by atoms with E-state index in [4.69, 9.17) is 11.6 Å². The maximum atomic E-state index is 12.1. The van der Waals surface area contributed by atoms with Crippen LogP contribution in [0.5, 0.6) is 0 Å². The van der Waals surface area contributed by atoms with E-state index in [1.807, 2.05) is 4.90 Å². The molecule has 0 aromatic carbocycles. The lowest BCUT2D eigenvalue weighted by atomic mass is 9.96. The summed E-state index contributed by atoms with van der Waals surface area (Å²) in [5, 5.41) is 12.3. The van der Waals surface area contributed by atoms with Crippen LogP contribution in [0.15, 0.2) is 11.0 Å². The van der Waals surface area contributed by atoms with E-state index in [0.717, 1.165) is 25.8 Å². The number of aromatic amines is 1. The molecule has 2 aliphatic rings. The van der Waals surface area contributed by atoms with E-state index >= 15 is 0 Å². The van der Waals surface area contributed by atoms with Gasteiger partial charge in [0.05, 0.1) is 11.9 Å². The summed E-state index contributed by atoms with van der Waals surface area (Å²) in [4.78, 5) is 25.6. The second-order valence-corrected chi connectivity index (χ2v) is 6.66. The molecular weight excluding hydrogens is 318 g/mol. The predicted molar refractivity (Wildman–Crippen MR) is 89.0 cm³/mol. The monoisotopic (exact) mass is 339 g/mol. The molecule has 1 saturated heterocycles. The number of urea groups is 1. The average molecular weight is 340 g/mol. The lowest BCUT2D eigenvalue weighted by molar-refractivity contribution is 0.229. The van der Waals surface area contributed by atoms with Gasteiger partial charge in [-0.2, -0.15) is 5.10 Å². The molecule has 0 spiro atoms. The van der Waals surface area contributed by atoms with Crippen molar-refractivity contribution in [1.29, 1.82) is 0 Å². The summed E-state index contributed by atoms with van der Waals surface area (Å²) >= 11 is 6.03. The van der Waals surface area contributed by atoms with Gasteiger partial charge in [0.15, 0.2) is 0 Å². The highest BCUT2D eigenvalue weighted by atomic mass is 35.5. The van der Waals surface area contributed by atoms with Crippen LogP contribution in [0.4, 0.5) is 10.5 Å². The topological polar surface area (TPSA) is 90.1 Å². The number of carbonyl (C=O) groups excluding carboxylic acids is 1. The molecule has 1 aromatic heterocycles. The zero-order chi connectivity index (χ0) is 16.2. The van der Waals surface area contributed by atoms with Crippen LogP contribution in [0.1, 0.15) is 38.5 Å². The Balaban J connectivity index is 1.52. The van der Waals surface area contributed by atoms with Crippen molar-refractivity contribution in [3.63, 3.8) is 0 Å². The van der Waals surface area contributed by atoms with Crippen LogP contribution in [0.25, 0.3) is 0 Å². The number of nitrogens with one attached hydrogen (secondary N) is 3. The number of H-pyrrole nitrogens is 1. The molecule has 126 valence electrons. The number of anilines is 1. The Bertz CT molecular complexity index is 614. The van der Waals surface area contributed by atoms with Crippen molar-refractivity contribution in [2.24, 2.45) is 0 Å². The third-order valence-electron chi connectivity index (χ3n) is 4.58. The van der Waals surface area contributed by atoms with Crippen molar-refractivity contribution in [1.82, 2.24) is 20.8 Å². The molecule has 1 aliphatic heterocycles. The second kappa shape index (κ2) is 7.21. The Kier molecular flexibility index (Phi) is 5.05. The molecule has 3 N–H and O–H groups in total. The fourth-order valence-electron chi connectivity index (χ4n) is 3.35. The third kappa shape index (κ3) is 3.96. The van der Waals surface area contributed by atoms with Crippen LogP contribution < -0.4 is 21.1 Å². The van der Waals surface area contributed by atoms with Crippen molar-refractivity contribution in [2.75, 3.05) is 18.0 Å². The number of nitrogens with zero attached hydrogens (tertiary/aromatic N) is 2. The van der Waals surface area contributed by atoms with Crippen LogP contribution >= 0.6 is 11.6 Å². The van der Waals surface area contributed by atoms with Gasteiger partial charge in [0.2, 0.25) is 0 Å². The highest BCUT2D eigenvalue weighted by Crippen LogP contribution is 2.24. The van der Waals surface area contributed by atoms with Crippen LogP contribution in [0.3, 0.4) is 0 Å². The number of amides is 2. The maximum Gasteiger partial charge on any atom is 0.315 e. The highest BCUT2D eigenvalue weighted by molar-refractivity contribution is 6.33. The Morgan fingerprint density at radius 3 is 2.74 bits per heavy atom. The molecule has 2 heterocycles. The van der Waals surface area contributed by atoms with Gasteiger partial charge in [0, 0.05) is 25.2 Å². The number of halogens is 1. The van der Waals surface area contributed by atoms with Gasteiger partial charge in [-0.15, -0.1) is 0 Å². The van der Waals surface area contributed by atoms with Crippen molar-refractivity contribution in [3.05, 3.63) is 21.6 Å². The van der Waals surface area contributed by atoms with E-state index in [1.165, 1.54) is 19.3 Å². The van der Waals surface area contributed by atoms with Gasteiger partial charge in [-0.05, 0) is 19.3 Å². The van der Waals surface area contributed by atoms with Crippen LogP contribution in [-0.2, 0) is 0 Å². The molecule has 1 saturated carbocycles. The van der Waals surface area contributed by atoms with Gasteiger partial charge in [-0.1, -0.05) is 30.9 Å². The Hall–Kier alpha value is -1.76. The zero-order valence-electron chi connectivity index (χ0n) is 13.0. The van der Waals surface area contributed by atoms with E-state index in [1.54, 1.807) is 6.20 Å². The SMILES string of the molecule is O=C(NC1CCCCC1)NC1CCN(c2cn[nH]c(=O)c2Cl)C1. The number of rotatable bonds is 3. The van der Waals surface area contributed by atoms with E-state index in [9.17, 15) is 9.59 Å². The van der Waals surface area contributed by atoms with Crippen LogP contribution in [0, 0.1) is 0 Å². The van der Waals surface area contributed by atoms with Crippen LogP contribution in [-0.4, -0.2) is 41.4 Å². The third-order valence-corrected chi connectivity index (χ3v) is 4.95. The molecule has 1 aromatic rings. The number of hydrogen-bond acceptors (Lipinski definition) is 4. The first-order chi connectivity index (χ1) is 11.1. The molecule has 3 rings (SSSR count). The van der Waals surface area contributed by atoms with Gasteiger partial charge >= 0.3 is 6.03 Å². The van der Waals surface area contributed by atoms with Gasteiger partial charge in [-0.25, -0.2) is 9.89 Å². The smallest absolute Gasteiger partial charge is 0.315 e. The maximum absolute atomic E-state index is 12.1. The molecule has 23 heavy (non-hydrogen) atoms. The largest absolute Gasteiger partial charge is 0.367 e. The first kappa shape index (κ1) is 16.1. The molecular formula is C15H22ClN5O2. The van der Waals surface area contributed by atoms with E-state index in [0.29, 0.717) is 18.3 Å². The zero-order valence-corrected chi connectivity index (χ0v) is 13.7. The van der Waals surface area contributed by atoms with Gasteiger partial charge in [-0.3, -0.25) is 4.79 Å². The van der Waals surface area contributed by atoms with E-state index in [2.05, 4.69) is 20.8 Å². The summed E-state index contributed by atoms with van der Waals surface area (Å²) in [6, 6.07) is 0.250. The van der Waals surface area contributed by atoms with Crippen molar-refractivity contribution < 1.29 is 4.79 Å². The lowest BCUT2D eigenvalue weighted by Crippen LogP contribution is -2.47. The molecule has 2 fully saturated rings. The molecule has 2 amide bonds. The second-order valence-electron chi connectivity index (χ2n) is 6.28. The molecule has 7 nitrogen and oxygen atoms in total. The molecule has 0 radical (unpaired) electrons. The lowest BCUT2D eigenvalue weighted by Gasteiger charge is -2.24. The number of hydrogen-bond donors (Lipinski definition) is 3. The summed E-state index contributed by atoms with van der Waals surface area (Å²) in [7, 11) is 0. The minimum Gasteiger partial charge on any atom is -0.367 e. The van der Waals surface area contributed by atoms with Crippen molar-refractivity contribution in [3.8, 4) is 0 Å². The number of carbonyl (C=O) groups is 1. The minimum atomic E-state index is -0.393. The van der Waals surface area contributed by atoms with Crippen LogP contribution in [0.2, 0.25) is 5.02 Å². The standard InChI is InChI=1S/C15H22ClN5O2/c16-13-12(8-17-20-14(13)22)21-7-6-11(9-21)19-15(23)18-10-4-2-1-3-5-10/h8,10-11H,1-7,9H2,(H,20,22)(H2,18,19,23). The summed E-state index contributed by atoms with van der Waals surface area (Å²) in [5.41, 5.74) is 0.225. The van der Waals surface area contributed by atoms with Gasteiger partial charge in [0.1, 0.15) is 5.02 Å². The Morgan fingerprint density at radius 2 is 1.96 bits per heavy atom. The minimum absolute atomic E-state index is 0.0499. The Morgan fingerprint density at radius 1 is 1.22 bits per heavy atom. The van der Waals surface area contributed by atoms with Crippen molar-refractivity contribution >= 4 is 23.3 Å². The van der Waals surface area contributed by atoms with Gasteiger partial charge in [0.25, 0.3) is 5.56 Å². The van der Waals surface area contributed by atoms with Crippen molar-refractivity contribution in [2.45, 2.75) is 50.6 Å². The summed E-state index contributed by atoms with van der Waals surface area (Å²) in [5.74, 6) is 0. The molecule has 0 bridgehead atoms. The summed E-state index contributed by atoms with van der Waals surface area (Å²) in [6.45, 7) is 1.36. The van der Waals surface area contributed by atoms with E-state index < -0.39 is 5.56 Å². The fraction of sp³-hybridized carbons (Fsp3) is 0.667. The molecule has 1 unspecified atom stereocenters. The predicted octanol–water partition coefficient (Wildman–Crippen LogP) is 1.63. The molecule has 1 aliphatic carbocycles. The quantitative estimate of drug-likeness (QED) is 0.780. The molecule has 8 heteroatoms. The Labute approximate surface area is 139 Å². The molecule has 1 atom stereocenters. The normalized spacial score (nSPS) is 22.1. The number of aromatic nitrogens is 2. The first-order valence-electron chi connectivity index (χ1n) is 8.18. The van der Waals surface area contributed by atoms with Gasteiger partial charge < -0.3 is 15.5 Å². The average Bonchev–Trinajstić information content (AvgIpc) is 2.99. The fourth-order valence-corrected chi connectivity index (χ4v) is 3.56. The highest BCUT2D eigenvalue weighted by Gasteiger charge is 2.27. The van der Waals surface area contributed by atoms with E-state index in [-0.39, 0.29) is 17.1 Å². The first-order valence-corrected chi connectivity index (χ1v) is 8.56. The summed E-state index contributed by atoms with van der Waals surface area (Å²) in [6.07, 6.45) is 8.15.